The standard InChI is InChI=1S/C41H60N6O7S/c1-7-20-42-37(50)34(48)29(21-25-14-13-15-25)43-36(49)33-32-28(41(32,5)6)23-47(33)38(51)35(40(2,3)4)45-39(52)44-30(26-16-9-8-10-17-26)24-46-22-27-18-11-12-19-31(27)55(46,53)54/h7,11-12,18-19,25-26,28-30,32-33,35H,1,8-10,13-17,20-24H2,2-6H3,(H,42,50)(H,43,49)(H2,44,45,52)/t28-,29?,30+,32-,33-,35+/m0/s1. The lowest BCUT2D eigenvalue weighted by atomic mass is 9.80. The first-order chi connectivity index (χ1) is 25.9. The lowest BCUT2D eigenvalue weighted by molar-refractivity contribution is -0.145. The Labute approximate surface area is 326 Å². The third-order valence-electron chi connectivity index (χ3n) is 13.1. The number of urea groups is 1. The maximum absolute atomic E-state index is 14.7. The van der Waals surface area contributed by atoms with Crippen molar-refractivity contribution >= 4 is 39.6 Å². The molecule has 2 heterocycles. The van der Waals surface area contributed by atoms with Gasteiger partial charge in [-0.2, -0.15) is 4.31 Å². The molecule has 4 fully saturated rings. The van der Waals surface area contributed by atoms with E-state index < -0.39 is 69.1 Å². The van der Waals surface area contributed by atoms with Crippen LogP contribution in [0, 0.1) is 34.5 Å². The topological polar surface area (TPSA) is 174 Å². The number of piperidine rings is 1. The van der Waals surface area contributed by atoms with Crippen molar-refractivity contribution in [2.45, 2.75) is 128 Å². The second-order valence-electron chi connectivity index (χ2n) is 18.2. The van der Waals surface area contributed by atoms with Gasteiger partial charge in [-0.1, -0.05) is 97.4 Å². The van der Waals surface area contributed by atoms with Crippen LogP contribution in [0.2, 0.25) is 0 Å². The van der Waals surface area contributed by atoms with Gasteiger partial charge in [0.25, 0.3) is 5.91 Å². The van der Waals surface area contributed by atoms with Crippen LogP contribution in [0.3, 0.4) is 0 Å². The van der Waals surface area contributed by atoms with E-state index in [2.05, 4.69) is 41.7 Å². The number of sulfonamides is 1. The first-order valence-electron chi connectivity index (χ1n) is 20.1. The summed E-state index contributed by atoms with van der Waals surface area (Å²) in [6.07, 6.45) is 9.49. The van der Waals surface area contributed by atoms with Crippen molar-refractivity contribution in [1.82, 2.24) is 30.5 Å². The predicted octanol–water partition coefficient (Wildman–Crippen LogP) is 3.88. The third kappa shape index (κ3) is 8.50. The molecule has 0 aromatic heterocycles. The molecule has 4 N–H and O–H groups in total. The molecule has 1 aromatic rings. The lowest BCUT2D eigenvalue weighted by Crippen LogP contribution is -2.62. The summed E-state index contributed by atoms with van der Waals surface area (Å²) in [5, 5.41) is 11.5. The predicted molar refractivity (Wildman–Crippen MR) is 208 cm³/mol. The molecule has 2 aliphatic heterocycles. The minimum Gasteiger partial charge on any atom is -0.346 e. The molecule has 6 atom stereocenters. The summed E-state index contributed by atoms with van der Waals surface area (Å²) in [5.41, 5.74) is -0.240. The Bertz CT molecular complexity index is 1780. The van der Waals surface area contributed by atoms with Crippen molar-refractivity contribution in [2.24, 2.45) is 34.5 Å². The fourth-order valence-corrected chi connectivity index (χ4v) is 11.1. The quantitative estimate of drug-likeness (QED) is 0.164. The lowest BCUT2D eigenvalue weighted by Gasteiger charge is -2.39. The normalized spacial score (nSPS) is 26.0. The average molecular weight is 781 g/mol. The zero-order chi connectivity index (χ0) is 39.9. The number of likely N-dealkylation sites (tertiary alicyclic amines) is 1. The van der Waals surface area contributed by atoms with Gasteiger partial charge in [0.2, 0.25) is 27.6 Å². The molecule has 0 spiro atoms. The number of ketones is 1. The molecule has 302 valence electrons. The van der Waals surface area contributed by atoms with Crippen LogP contribution in [-0.4, -0.2) is 91.0 Å². The highest BCUT2D eigenvalue weighted by molar-refractivity contribution is 7.89. The van der Waals surface area contributed by atoms with Gasteiger partial charge < -0.3 is 26.2 Å². The van der Waals surface area contributed by atoms with Crippen LogP contribution in [0.25, 0.3) is 0 Å². The highest BCUT2D eigenvalue weighted by atomic mass is 32.2. The second kappa shape index (κ2) is 16.0. The van der Waals surface area contributed by atoms with Crippen molar-refractivity contribution < 1.29 is 32.4 Å². The molecule has 0 bridgehead atoms. The van der Waals surface area contributed by atoms with Gasteiger partial charge in [0.1, 0.15) is 12.1 Å². The van der Waals surface area contributed by atoms with Crippen molar-refractivity contribution in [3.8, 4) is 0 Å². The molecule has 1 saturated heterocycles. The summed E-state index contributed by atoms with van der Waals surface area (Å²) < 4.78 is 28.5. The van der Waals surface area contributed by atoms with Gasteiger partial charge in [-0.25, -0.2) is 13.2 Å². The number of hydrogen-bond donors (Lipinski definition) is 4. The molecule has 3 saturated carbocycles. The van der Waals surface area contributed by atoms with E-state index in [1.165, 1.54) is 10.4 Å². The maximum atomic E-state index is 14.7. The van der Waals surface area contributed by atoms with Gasteiger partial charge in [-0.15, -0.1) is 6.58 Å². The molecule has 6 rings (SSSR count). The first-order valence-corrected chi connectivity index (χ1v) is 21.6. The molecule has 14 heteroatoms. The molecule has 5 amide bonds. The van der Waals surface area contributed by atoms with E-state index in [4.69, 9.17) is 0 Å². The zero-order valence-electron chi connectivity index (χ0n) is 33.1. The van der Waals surface area contributed by atoms with Gasteiger partial charge in [0, 0.05) is 32.2 Å². The molecular formula is C41H60N6O7S. The Morgan fingerprint density at radius 2 is 1.65 bits per heavy atom. The maximum Gasteiger partial charge on any atom is 0.315 e. The monoisotopic (exact) mass is 780 g/mol. The summed E-state index contributed by atoms with van der Waals surface area (Å²) in [6, 6.07) is 2.99. The van der Waals surface area contributed by atoms with Crippen LogP contribution in [0.15, 0.2) is 41.8 Å². The summed E-state index contributed by atoms with van der Waals surface area (Å²) in [6.45, 7) is 14.1. The van der Waals surface area contributed by atoms with E-state index in [9.17, 15) is 32.4 Å². The van der Waals surface area contributed by atoms with Crippen LogP contribution >= 0.6 is 0 Å². The summed E-state index contributed by atoms with van der Waals surface area (Å²) in [4.78, 5) is 70.9. The van der Waals surface area contributed by atoms with E-state index in [0.29, 0.717) is 17.9 Å². The Morgan fingerprint density at radius 3 is 2.27 bits per heavy atom. The number of hydrogen-bond acceptors (Lipinski definition) is 7. The molecular weight excluding hydrogens is 721 g/mol. The summed E-state index contributed by atoms with van der Waals surface area (Å²) >= 11 is 0. The minimum atomic E-state index is -3.72. The summed E-state index contributed by atoms with van der Waals surface area (Å²) in [5.74, 6) is -2.17. The van der Waals surface area contributed by atoms with Gasteiger partial charge in [0.05, 0.1) is 10.9 Å². The van der Waals surface area contributed by atoms with Crippen LogP contribution in [0.1, 0.15) is 98.0 Å². The Kier molecular flexibility index (Phi) is 11.9. The fraction of sp³-hybridized carbons (Fsp3) is 0.683. The van der Waals surface area contributed by atoms with Crippen molar-refractivity contribution in [3.05, 3.63) is 42.5 Å². The van der Waals surface area contributed by atoms with E-state index in [-0.39, 0.29) is 48.7 Å². The SMILES string of the molecule is C=CCNC(=O)C(=O)C(CC1CCC1)NC(=O)[C@@H]1[C@@H]2[C@H](CN1C(=O)[C@@H](NC(=O)N[C@H](CN1Cc3ccccc3S1(=O)=O)C1CCCCC1)C(C)(C)C)C2(C)C. The van der Waals surface area contributed by atoms with E-state index in [1.54, 1.807) is 17.0 Å². The van der Waals surface area contributed by atoms with Crippen molar-refractivity contribution in [3.63, 3.8) is 0 Å². The zero-order valence-corrected chi connectivity index (χ0v) is 33.9. The van der Waals surface area contributed by atoms with Crippen LogP contribution in [0.4, 0.5) is 4.79 Å². The highest BCUT2D eigenvalue weighted by Gasteiger charge is 2.70. The minimum absolute atomic E-state index is 0.0560. The Morgan fingerprint density at radius 1 is 0.964 bits per heavy atom. The highest BCUT2D eigenvalue weighted by Crippen LogP contribution is 2.65. The van der Waals surface area contributed by atoms with E-state index in [0.717, 1.165) is 56.9 Å². The smallest absolute Gasteiger partial charge is 0.315 e. The molecule has 0 radical (unpaired) electrons. The summed E-state index contributed by atoms with van der Waals surface area (Å²) in [7, 11) is -3.72. The second-order valence-corrected chi connectivity index (χ2v) is 20.1. The number of nitrogens with one attached hydrogen (secondary N) is 4. The Hall–Kier alpha value is -3.78. The van der Waals surface area contributed by atoms with Crippen LogP contribution < -0.4 is 21.3 Å². The van der Waals surface area contributed by atoms with Crippen molar-refractivity contribution in [2.75, 3.05) is 19.6 Å². The Balaban J connectivity index is 1.19. The average Bonchev–Trinajstić information content (AvgIpc) is 3.37. The third-order valence-corrected chi connectivity index (χ3v) is 15.0. The number of nitrogens with zero attached hydrogens (tertiary/aromatic N) is 2. The largest absolute Gasteiger partial charge is 0.346 e. The molecule has 1 unspecified atom stereocenters. The number of carbonyl (C=O) groups excluding carboxylic acids is 5. The number of amides is 5. The van der Waals surface area contributed by atoms with Gasteiger partial charge >= 0.3 is 6.03 Å². The van der Waals surface area contributed by atoms with Gasteiger partial charge in [-0.3, -0.25) is 19.2 Å². The van der Waals surface area contributed by atoms with Crippen LogP contribution in [-0.2, 0) is 35.7 Å². The number of benzene rings is 1. The van der Waals surface area contributed by atoms with E-state index >= 15 is 0 Å². The van der Waals surface area contributed by atoms with Gasteiger partial charge in [0.15, 0.2) is 0 Å². The van der Waals surface area contributed by atoms with Gasteiger partial charge in [-0.05, 0) is 65.4 Å². The van der Waals surface area contributed by atoms with Crippen molar-refractivity contribution in [1.29, 1.82) is 0 Å². The van der Waals surface area contributed by atoms with Crippen LogP contribution in [0.5, 0.6) is 0 Å². The number of rotatable bonds is 14. The van der Waals surface area contributed by atoms with E-state index in [1.807, 2.05) is 32.9 Å². The first kappa shape index (κ1) is 40.9. The molecule has 1 aromatic carbocycles. The molecule has 55 heavy (non-hydrogen) atoms. The molecule has 13 nitrogen and oxygen atoms in total. The number of Topliss-reactive ketones (excluding diaryl/α,β-unsaturated/α-hetero) is 1. The molecule has 5 aliphatic rings. The molecule has 3 aliphatic carbocycles. The number of carbonyl (C=O) groups is 5. The fourth-order valence-electron chi connectivity index (χ4n) is 9.46. The number of fused-ring (bicyclic) bond motifs is 2.